The van der Waals surface area contributed by atoms with Crippen molar-refractivity contribution in [3.05, 3.63) is 33.1 Å². The summed E-state index contributed by atoms with van der Waals surface area (Å²) in [6, 6.07) is 0.887. The van der Waals surface area contributed by atoms with Gasteiger partial charge in [0.1, 0.15) is 6.10 Å². The molecule has 0 spiro atoms. The van der Waals surface area contributed by atoms with Crippen LogP contribution in [0, 0.1) is 0 Å². The van der Waals surface area contributed by atoms with Crippen LogP contribution in [0.3, 0.4) is 0 Å². The molecule has 0 aliphatic carbocycles. The number of aromatic amines is 1. The number of nitrogens with one attached hydrogen (secondary N) is 1. The molecule has 4 N–H and O–H groups in total. The number of ether oxygens (including phenoxy) is 1. The van der Waals surface area contributed by atoms with Gasteiger partial charge in [0.25, 0.3) is 11.5 Å². The number of nitrogens with zero attached hydrogens (tertiary/aromatic N) is 1. The molecule has 3 atom stereocenters. The molecule has 1 aliphatic rings. The lowest BCUT2D eigenvalue weighted by Gasteiger charge is -2.22. The molecule has 0 aromatic carbocycles. The second-order valence-electron chi connectivity index (χ2n) is 4.38. The Bertz CT molecular complexity index is 683. The molecule has 1 fully saturated rings. The maximum Gasteiger partial charge on any atom is 0.469 e. The van der Waals surface area contributed by atoms with E-state index in [1.54, 1.807) is 0 Å². The maximum absolute atomic E-state index is 14.6. The largest absolute Gasteiger partial charge is 0.469 e. The highest BCUT2D eigenvalue weighted by Crippen LogP contribution is 2.40. The van der Waals surface area contributed by atoms with Crippen LogP contribution < -0.4 is 11.2 Å². The standard InChI is InChI=1S/C9H12FN2O8P/c10-9(12-2-1-7(14)11-8(12)15)3-5(13)6(20-9)4-19-21(16,17)18/h1-2,5-6,13H,3-4H2,(H,11,14,15)(H2,16,17,18)/t5-,6+,9-/m0/s1. The van der Waals surface area contributed by atoms with E-state index in [4.69, 9.17) is 14.5 Å². The Balaban J connectivity index is 2.20. The number of halogens is 1. The van der Waals surface area contributed by atoms with Crippen molar-refractivity contribution in [2.45, 2.75) is 24.6 Å². The van der Waals surface area contributed by atoms with E-state index in [1.807, 2.05) is 4.98 Å². The summed E-state index contributed by atoms with van der Waals surface area (Å²) in [5.74, 6) is -2.76. The molecular formula is C9H12FN2O8P. The van der Waals surface area contributed by atoms with E-state index in [0.717, 1.165) is 12.3 Å². The molecule has 118 valence electrons. The van der Waals surface area contributed by atoms with Gasteiger partial charge in [0, 0.05) is 12.3 Å². The van der Waals surface area contributed by atoms with Gasteiger partial charge >= 0.3 is 13.5 Å². The summed E-state index contributed by atoms with van der Waals surface area (Å²) in [6.07, 6.45) is -2.67. The van der Waals surface area contributed by atoms with Crippen LogP contribution in [-0.2, 0) is 19.8 Å². The van der Waals surface area contributed by atoms with Gasteiger partial charge in [0.15, 0.2) is 0 Å². The fourth-order valence-corrected chi connectivity index (χ4v) is 2.24. The number of aromatic nitrogens is 2. The van der Waals surface area contributed by atoms with Gasteiger partial charge in [-0.15, -0.1) is 0 Å². The Morgan fingerprint density at radius 2 is 2.24 bits per heavy atom. The van der Waals surface area contributed by atoms with Crippen LogP contribution in [0.4, 0.5) is 4.39 Å². The Labute approximate surface area is 116 Å². The number of phosphoric acid groups is 1. The fourth-order valence-electron chi connectivity index (χ4n) is 1.90. The molecule has 0 radical (unpaired) electrons. The van der Waals surface area contributed by atoms with E-state index in [0.29, 0.717) is 4.57 Å². The Morgan fingerprint density at radius 3 is 2.81 bits per heavy atom. The average molecular weight is 326 g/mol. The first-order chi connectivity index (χ1) is 9.61. The number of aliphatic hydroxyl groups excluding tert-OH is 1. The molecule has 0 bridgehead atoms. The summed E-state index contributed by atoms with van der Waals surface area (Å²) in [5.41, 5.74) is -1.83. The quantitative estimate of drug-likeness (QED) is 0.482. The minimum absolute atomic E-state index is 0.426. The van der Waals surface area contributed by atoms with Crippen LogP contribution in [0.1, 0.15) is 6.42 Å². The molecule has 0 unspecified atom stereocenters. The van der Waals surface area contributed by atoms with E-state index in [1.165, 1.54) is 0 Å². The first kappa shape index (κ1) is 16.0. The number of rotatable bonds is 4. The molecule has 12 heteroatoms. The highest BCUT2D eigenvalue weighted by atomic mass is 31.2. The highest BCUT2D eigenvalue weighted by molar-refractivity contribution is 7.46. The highest BCUT2D eigenvalue weighted by Gasteiger charge is 2.49. The first-order valence-electron chi connectivity index (χ1n) is 5.68. The predicted octanol–water partition coefficient (Wildman–Crippen LogP) is -1.62. The van der Waals surface area contributed by atoms with Crippen molar-refractivity contribution in [2.24, 2.45) is 0 Å². The number of alkyl halides is 1. The van der Waals surface area contributed by atoms with Gasteiger partial charge < -0.3 is 19.6 Å². The number of aliphatic hydroxyl groups is 1. The minimum atomic E-state index is -4.80. The van der Waals surface area contributed by atoms with Gasteiger partial charge in [-0.1, -0.05) is 0 Å². The van der Waals surface area contributed by atoms with Crippen molar-refractivity contribution in [3.8, 4) is 0 Å². The summed E-state index contributed by atoms with van der Waals surface area (Å²) in [5, 5.41) is 9.64. The summed E-state index contributed by atoms with van der Waals surface area (Å²) in [6.45, 7) is -0.769. The van der Waals surface area contributed by atoms with E-state index in [9.17, 15) is 23.7 Å². The third-order valence-electron chi connectivity index (χ3n) is 2.81. The lowest BCUT2D eigenvalue weighted by Crippen LogP contribution is -2.41. The van der Waals surface area contributed by atoms with Crippen LogP contribution in [-0.4, -0.2) is 43.3 Å². The van der Waals surface area contributed by atoms with E-state index < -0.39 is 50.3 Å². The van der Waals surface area contributed by atoms with Gasteiger partial charge in [-0.05, 0) is 0 Å². The lowest BCUT2D eigenvalue weighted by molar-refractivity contribution is -0.204. The Kier molecular flexibility index (Phi) is 4.15. The SMILES string of the molecule is O=c1ccn([C@@]2(F)C[C@H](O)[C@@H](COP(=O)(O)O)O2)c(=O)[nH]1. The summed E-state index contributed by atoms with van der Waals surface area (Å²) < 4.78 is 34.5. The molecule has 1 saturated heterocycles. The van der Waals surface area contributed by atoms with Gasteiger partial charge in [-0.2, -0.15) is 4.39 Å². The molecule has 1 aromatic rings. The second-order valence-corrected chi connectivity index (χ2v) is 5.62. The van der Waals surface area contributed by atoms with Gasteiger partial charge in [-0.3, -0.25) is 14.3 Å². The van der Waals surface area contributed by atoms with Crippen LogP contribution in [0.5, 0.6) is 0 Å². The number of hydrogen-bond acceptors (Lipinski definition) is 6. The lowest BCUT2D eigenvalue weighted by atomic mass is 10.2. The first-order valence-corrected chi connectivity index (χ1v) is 7.21. The van der Waals surface area contributed by atoms with E-state index in [2.05, 4.69) is 4.52 Å². The maximum atomic E-state index is 14.6. The zero-order chi connectivity index (χ0) is 15.8. The molecule has 2 heterocycles. The van der Waals surface area contributed by atoms with Gasteiger partial charge in [-0.25, -0.2) is 13.9 Å². The summed E-state index contributed by atoms with van der Waals surface area (Å²) >= 11 is 0. The topological polar surface area (TPSA) is 151 Å². The Hall–Kier alpha value is -1.36. The molecule has 1 aliphatic heterocycles. The zero-order valence-electron chi connectivity index (χ0n) is 10.4. The van der Waals surface area contributed by atoms with Gasteiger partial charge in [0.2, 0.25) is 0 Å². The fraction of sp³-hybridized carbons (Fsp3) is 0.556. The minimum Gasteiger partial charge on any atom is -0.390 e. The Morgan fingerprint density at radius 1 is 1.57 bits per heavy atom. The van der Waals surface area contributed by atoms with Crippen LogP contribution in [0.25, 0.3) is 0 Å². The monoisotopic (exact) mass is 326 g/mol. The molecule has 2 rings (SSSR count). The number of hydrogen-bond donors (Lipinski definition) is 4. The zero-order valence-corrected chi connectivity index (χ0v) is 11.3. The molecule has 0 saturated carbocycles. The number of H-pyrrole nitrogens is 1. The van der Waals surface area contributed by atoms with E-state index >= 15 is 0 Å². The second kappa shape index (κ2) is 5.44. The van der Waals surface area contributed by atoms with Gasteiger partial charge in [0.05, 0.1) is 19.1 Å². The van der Waals surface area contributed by atoms with Crippen molar-refractivity contribution in [2.75, 3.05) is 6.61 Å². The smallest absolute Gasteiger partial charge is 0.390 e. The third-order valence-corrected chi connectivity index (χ3v) is 3.30. The summed E-state index contributed by atoms with van der Waals surface area (Å²) in [4.78, 5) is 41.3. The molecule has 21 heavy (non-hydrogen) atoms. The molecule has 0 amide bonds. The molecule has 10 nitrogen and oxygen atoms in total. The predicted molar refractivity (Wildman–Crippen MR) is 63.9 cm³/mol. The van der Waals surface area contributed by atoms with Crippen LogP contribution in [0.15, 0.2) is 21.9 Å². The van der Waals surface area contributed by atoms with Crippen LogP contribution >= 0.6 is 7.82 Å². The third kappa shape index (κ3) is 3.64. The average Bonchev–Trinajstić information content (AvgIpc) is 2.61. The number of phosphoric ester groups is 1. The molecular weight excluding hydrogens is 314 g/mol. The van der Waals surface area contributed by atoms with Crippen molar-refractivity contribution < 1.29 is 33.1 Å². The summed E-state index contributed by atoms with van der Waals surface area (Å²) in [7, 11) is -4.80. The van der Waals surface area contributed by atoms with Crippen molar-refractivity contribution in [1.29, 1.82) is 0 Å². The van der Waals surface area contributed by atoms with Crippen molar-refractivity contribution in [3.63, 3.8) is 0 Å². The molecule has 1 aromatic heterocycles. The van der Waals surface area contributed by atoms with E-state index in [-0.39, 0.29) is 0 Å². The van der Waals surface area contributed by atoms with Crippen molar-refractivity contribution >= 4 is 7.82 Å². The van der Waals surface area contributed by atoms with Crippen molar-refractivity contribution in [1.82, 2.24) is 9.55 Å². The normalized spacial score (nSPS) is 29.7. The van der Waals surface area contributed by atoms with Crippen LogP contribution in [0.2, 0.25) is 0 Å².